The highest BCUT2D eigenvalue weighted by Gasteiger charge is 2.12. The molecule has 1 aromatic heterocycles. The Labute approximate surface area is 185 Å². The van der Waals surface area contributed by atoms with Gasteiger partial charge in [-0.3, -0.25) is 9.69 Å². The first-order valence-electron chi connectivity index (χ1n) is 11.4. The summed E-state index contributed by atoms with van der Waals surface area (Å²) in [6.07, 6.45) is 4.50. The van der Waals surface area contributed by atoms with Crippen molar-refractivity contribution in [2.75, 3.05) is 39.4 Å². The Morgan fingerprint density at radius 2 is 1.81 bits per heavy atom. The van der Waals surface area contributed by atoms with Gasteiger partial charge in [0.2, 0.25) is 5.91 Å². The number of fused-ring (bicyclic) bond motifs is 1. The highest BCUT2D eigenvalue weighted by molar-refractivity contribution is 5.85. The lowest BCUT2D eigenvalue weighted by atomic mass is 10.1. The molecule has 0 unspecified atom stereocenters. The second kappa shape index (κ2) is 10.6. The second-order valence-electron chi connectivity index (χ2n) is 8.38. The van der Waals surface area contributed by atoms with E-state index in [0.29, 0.717) is 6.42 Å². The van der Waals surface area contributed by atoms with Crippen LogP contribution in [-0.2, 0) is 22.5 Å². The smallest absolute Gasteiger partial charge is 0.220 e. The molecule has 1 aliphatic rings. The molecular formula is C26H33N3O2. The summed E-state index contributed by atoms with van der Waals surface area (Å²) in [6.45, 7) is 8.42. The van der Waals surface area contributed by atoms with Crippen molar-refractivity contribution in [1.29, 1.82) is 0 Å². The van der Waals surface area contributed by atoms with Crippen LogP contribution in [0.25, 0.3) is 10.9 Å². The zero-order valence-electron chi connectivity index (χ0n) is 18.5. The fraction of sp³-hybridized carbons (Fsp3) is 0.423. The van der Waals surface area contributed by atoms with E-state index >= 15 is 0 Å². The first-order valence-corrected chi connectivity index (χ1v) is 11.4. The first-order chi connectivity index (χ1) is 15.2. The Bertz CT molecular complexity index is 1000. The van der Waals surface area contributed by atoms with E-state index in [1.54, 1.807) is 0 Å². The van der Waals surface area contributed by atoms with E-state index in [1.165, 1.54) is 27.6 Å². The molecule has 2 heterocycles. The Balaban J connectivity index is 1.32. The Hall–Kier alpha value is -2.63. The molecule has 0 aliphatic carbocycles. The molecule has 1 saturated heterocycles. The molecule has 5 nitrogen and oxygen atoms in total. The molecule has 5 heteroatoms. The van der Waals surface area contributed by atoms with Gasteiger partial charge in [-0.1, -0.05) is 42.5 Å². The number of morpholine rings is 1. The average Bonchev–Trinajstić information content (AvgIpc) is 3.15. The van der Waals surface area contributed by atoms with Gasteiger partial charge in [-0.05, 0) is 49.1 Å². The van der Waals surface area contributed by atoms with Crippen LogP contribution in [0.2, 0.25) is 0 Å². The van der Waals surface area contributed by atoms with Gasteiger partial charge in [0.1, 0.15) is 0 Å². The molecule has 1 aliphatic heterocycles. The van der Waals surface area contributed by atoms with Gasteiger partial charge in [0.15, 0.2) is 0 Å². The van der Waals surface area contributed by atoms with Crippen LogP contribution in [0.1, 0.15) is 29.5 Å². The Morgan fingerprint density at radius 1 is 1.03 bits per heavy atom. The lowest BCUT2D eigenvalue weighted by Crippen LogP contribution is -2.38. The number of nitrogens with zero attached hydrogens (tertiary/aromatic N) is 2. The number of aryl methyl sites for hydroxylation is 2. The zero-order valence-corrected chi connectivity index (χ0v) is 18.5. The number of rotatable bonds is 9. The zero-order chi connectivity index (χ0) is 21.5. The van der Waals surface area contributed by atoms with Crippen molar-refractivity contribution in [1.82, 2.24) is 14.8 Å². The summed E-state index contributed by atoms with van der Waals surface area (Å²) in [5.74, 6) is 0.137. The van der Waals surface area contributed by atoms with Gasteiger partial charge in [0, 0.05) is 49.7 Å². The summed E-state index contributed by atoms with van der Waals surface area (Å²) in [4.78, 5) is 14.8. The number of amides is 1. The molecule has 1 N–H and O–H groups in total. The fourth-order valence-electron chi connectivity index (χ4n) is 4.32. The summed E-state index contributed by atoms with van der Waals surface area (Å²) >= 11 is 0. The lowest BCUT2D eigenvalue weighted by Gasteiger charge is -2.26. The fourth-order valence-corrected chi connectivity index (χ4v) is 4.32. The van der Waals surface area contributed by atoms with E-state index in [2.05, 4.69) is 76.4 Å². The number of aromatic nitrogens is 1. The maximum atomic E-state index is 12.4. The number of hydrogen-bond acceptors (Lipinski definition) is 3. The van der Waals surface area contributed by atoms with Gasteiger partial charge < -0.3 is 14.6 Å². The van der Waals surface area contributed by atoms with E-state index in [-0.39, 0.29) is 5.91 Å². The molecule has 1 amide bonds. The maximum Gasteiger partial charge on any atom is 0.220 e. The molecular weight excluding hydrogens is 386 g/mol. The number of para-hydroxylation sites is 1. The third-order valence-corrected chi connectivity index (χ3v) is 6.17. The number of nitrogens with one attached hydrogen (secondary N) is 1. The molecule has 0 bridgehead atoms. The standard InChI is InChI=1S/C26H33N3O2/c1-21-7-2-3-8-22(21)19-29-20-23(24-9-4-5-10-25(24)29)11-12-26(30)27-13-6-14-28-15-17-31-18-16-28/h2-5,7-10,20H,6,11-19H2,1H3,(H,27,30). The van der Waals surface area contributed by atoms with Crippen molar-refractivity contribution in [3.8, 4) is 0 Å². The van der Waals surface area contributed by atoms with Gasteiger partial charge in [-0.2, -0.15) is 0 Å². The number of hydrogen-bond donors (Lipinski definition) is 1. The maximum absolute atomic E-state index is 12.4. The van der Waals surface area contributed by atoms with Gasteiger partial charge >= 0.3 is 0 Å². The van der Waals surface area contributed by atoms with Gasteiger partial charge in [0.05, 0.1) is 13.2 Å². The summed E-state index contributed by atoms with van der Waals surface area (Å²) in [5.41, 5.74) is 5.10. The van der Waals surface area contributed by atoms with E-state index in [9.17, 15) is 4.79 Å². The van der Waals surface area contributed by atoms with Crippen LogP contribution in [0.3, 0.4) is 0 Å². The van der Waals surface area contributed by atoms with Crippen LogP contribution >= 0.6 is 0 Å². The van der Waals surface area contributed by atoms with Crippen LogP contribution in [0.5, 0.6) is 0 Å². The summed E-state index contributed by atoms with van der Waals surface area (Å²) in [5, 5.41) is 4.34. The quantitative estimate of drug-likeness (QED) is 0.537. The van der Waals surface area contributed by atoms with Crippen LogP contribution in [0, 0.1) is 6.92 Å². The molecule has 31 heavy (non-hydrogen) atoms. The SMILES string of the molecule is Cc1ccccc1Cn1cc(CCC(=O)NCCCN2CCOCC2)c2ccccc21. The van der Waals surface area contributed by atoms with Crippen molar-refractivity contribution in [3.05, 3.63) is 71.4 Å². The highest BCUT2D eigenvalue weighted by Crippen LogP contribution is 2.24. The monoisotopic (exact) mass is 419 g/mol. The van der Waals surface area contributed by atoms with Gasteiger partial charge in [-0.15, -0.1) is 0 Å². The predicted molar refractivity (Wildman–Crippen MR) is 125 cm³/mol. The average molecular weight is 420 g/mol. The summed E-state index contributed by atoms with van der Waals surface area (Å²) in [7, 11) is 0. The van der Waals surface area contributed by atoms with Crippen molar-refractivity contribution in [2.24, 2.45) is 0 Å². The van der Waals surface area contributed by atoms with Crippen molar-refractivity contribution in [2.45, 2.75) is 32.7 Å². The van der Waals surface area contributed by atoms with E-state index < -0.39 is 0 Å². The minimum atomic E-state index is 0.137. The molecule has 2 aromatic carbocycles. The molecule has 0 saturated carbocycles. The minimum Gasteiger partial charge on any atom is -0.379 e. The molecule has 0 radical (unpaired) electrons. The lowest BCUT2D eigenvalue weighted by molar-refractivity contribution is -0.121. The van der Waals surface area contributed by atoms with Crippen LogP contribution < -0.4 is 5.32 Å². The minimum absolute atomic E-state index is 0.137. The van der Waals surface area contributed by atoms with Crippen molar-refractivity contribution >= 4 is 16.8 Å². The number of ether oxygens (including phenoxy) is 1. The summed E-state index contributed by atoms with van der Waals surface area (Å²) in [6, 6.07) is 17.0. The van der Waals surface area contributed by atoms with E-state index in [4.69, 9.17) is 4.74 Å². The van der Waals surface area contributed by atoms with E-state index in [0.717, 1.165) is 58.8 Å². The Kier molecular flexibility index (Phi) is 7.39. The molecule has 4 rings (SSSR count). The predicted octanol–water partition coefficient (Wildman–Crippen LogP) is 3.77. The van der Waals surface area contributed by atoms with Crippen LogP contribution in [0.4, 0.5) is 0 Å². The third-order valence-electron chi connectivity index (χ3n) is 6.17. The van der Waals surface area contributed by atoms with Crippen LogP contribution in [0.15, 0.2) is 54.7 Å². The number of carbonyl (C=O) groups is 1. The first kappa shape index (κ1) is 21.6. The van der Waals surface area contributed by atoms with Crippen LogP contribution in [-0.4, -0.2) is 54.8 Å². The van der Waals surface area contributed by atoms with Crippen molar-refractivity contribution < 1.29 is 9.53 Å². The van der Waals surface area contributed by atoms with Gasteiger partial charge in [0.25, 0.3) is 0 Å². The second-order valence-corrected chi connectivity index (χ2v) is 8.38. The van der Waals surface area contributed by atoms with Crippen molar-refractivity contribution in [3.63, 3.8) is 0 Å². The largest absolute Gasteiger partial charge is 0.379 e. The van der Waals surface area contributed by atoms with E-state index in [1.807, 2.05) is 0 Å². The molecule has 0 atom stereocenters. The molecule has 1 fully saturated rings. The molecule has 3 aromatic rings. The third kappa shape index (κ3) is 5.75. The highest BCUT2D eigenvalue weighted by atomic mass is 16.5. The summed E-state index contributed by atoms with van der Waals surface area (Å²) < 4.78 is 7.69. The molecule has 0 spiro atoms. The molecule has 164 valence electrons. The van der Waals surface area contributed by atoms with Gasteiger partial charge in [-0.25, -0.2) is 0 Å². The number of carbonyl (C=O) groups excluding carboxylic acids is 1. The topological polar surface area (TPSA) is 46.5 Å². The Morgan fingerprint density at radius 3 is 2.65 bits per heavy atom. The number of benzene rings is 2. The normalized spacial score (nSPS) is 14.7.